The van der Waals surface area contributed by atoms with Crippen molar-refractivity contribution < 1.29 is 19.4 Å². The van der Waals surface area contributed by atoms with E-state index in [0.29, 0.717) is 13.2 Å². The van der Waals surface area contributed by atoms with Gasteiger partial charge >= 0.3 is 5.97 Å². The zero-order chi connectivity index (χ0) is 14.4. The highest BCUT2D eigenvalue weighted by atomic mass is 16.5. The van der Waals surface area contributed by atoms with Crippen molar-refractivity contribution in [3.05, 3.63) is 11.9 Å². The van der Waals surface area contributed by atoms with Crippen LogP contribution in [0.5, 0.6) is 0 Å². The number of rotatable bonds is 9. The molecule has 0 unspecified atom stereocenters. The molecule has 0 bridgehead atoms. The Bertz CT molecular complexity index is 431. The van der Waals surface area contributed by atoms with Crippen LogP contribution in [0.3, 0.4) is 0 Å². The van der Waals surface area contributed by atoms with Gasteiger partial charge in [0.15, 0.2) is 5.69 Å². The van der Waals surface area contributed by atoms with E-state index in [1.165, 1.54) is 6.20 Å². The van der Waals surface area contributed by atoms with Gasteiger partial charge in [-0.1, -0.05) is 5.21 Å². The van der Waals surface area contributed by atoms with Gasteiger partial charge in [0.05, 0.1) is 25.5 Å². The van der Waals surface area contributed by atoms with Crippen LogP contribution in [0.2, 0.25) is 0 Å². The largest absolute Gasteiger partial charge is 0.476 e. The summed E-state index contributed by atoms with van der Waals surface area (Å²) in [4.78, 5) is 13.0. The molecule has 0 atom stereocenters. The Balaban J connectivity index is 1.58. The fourth-order valence-electron chi connectivity index (χ4n) is 2.08. The first-order valence-electron chi connectivity index (χ1n) is 6.65. The Morgan fingerprint density at radius 3 is 2.90 bits per heavy atom. The molecule has 1 aromatic heterocycles. The molecule has 0 saturated carbocycles. The number of nitrogens with zero attached hydrogens (tertiary/aromatic N) is 4. The molecule has 2 heterocycles. The van der Waals surface area contributed by atoms with Crippen LogP contribution in [0.25, 0.3) is 0 Å². The van der Waals surface area contributed by atoms with Gasteiger partial charge in [-0.3, -0.25) is 4.90 Å². The number of carboxylic acids is 1. The first-order valence-corrected chi connectivity index (χ1v) is 6.65. The van der Waals surface area contributed by atoms with Crippen molar-refractivity contribution >= 4 is 5.97 Å². The topological polar surface area (TPSA) is 89.7 Å². The van der Waals surface area contributed by atoms with Crippen molar-refractivity contribution in [2.75, 3.05) is 46.6 Å². The highest BCUT2D eigenvalue weighted by Gasteiger charge is 2.29. The van der Waals surface area contributed by atoms with E-state index in [9.17, 15) is 4.79 Å². The van der Waals surface area contributed by atoms with Crippen molar-refractivity contribution in [1.82, 2.24) is 19.9 Å². The second-order valence-electron chi connectivity index (χ2n) is 4.76. The van der Waals surface area contributed by atoms with Crippen molar-refractivity contribution in [3.8, 4) is 0 Å². The van der Waals surface area contributed by atoms with Gasteiger partial charge in [0.25, 0.3) is 0 Å². The van der Waals surface area contributed by atoms with Gasteiger partial charge < -0.3 is 14.6 Å². The summed E-state index contributed by atoms with van der Waals surface area (Å²) in [6.45, 7) is 4.72. The summed E-state index contributed by atoms with van der Waals surface area (Å²) in [7, 11) is 1.66. The van der Waals surface area contributed by atoms with Gasteiger partial charge in [-0.15, -0.1) is 5.10 Å². The lowest BCUT2D eigenvalue weighted by Gasteiger charge is -2.38. The number of aromatic carboxylic acids is 1. The van der Waals surface area contributed by atoms with E-state index < -0.39 is 5.97 Å². The van der Waals surface area contributed by atoms with E-state index in [1.807, 2.05) is 0 Å². The second-order valence-corrected chi connectivity index (χ2v) is 4.76. The highest BCUT2D eigenvalue weighted by Crippen LogP contribution is 2.20. The van der Waals surface area contributed by atoms with Crippen LogP contribution < -0.4 is 0 Å². The average molecular weight is 284 g/mol. The minimum absolute atomic E-state index is 0.00464. The van der Waals surface area contributed by atoms with Crippen LogP contribution in [0.15, 0.2) is 6.20 Å². The van der Waals surface area contributed by atoms with Crippen LogP contribution in [0, 0.1) is 0 Å². The summed E-state index contributed by atoms with van der Waals surface area (Å²) in [5.41, 5.74) is -0.00464. The lowest BCUT2D eigenvalue weighted by atomic mass is 10.1. The molecule has 1 aromatic rings. The Kier molecular flexibility index (Phi) is 5.45. The lowest BCUT2D eigenvalue weighted by Crippen LogP contribution is -2.48. The highest BCUT2D eigenvalue weighted by molar-refractivity contribution is 5.84. The maximum Gasteiger partial charge on any atom is 0.358 e. The number of ether oxygens (including phenoxy) is 2. The molecule has 112 valence electrons. The van der Waals surface area contributed by atoms with Crippen molar-refractivity contribution in [2.24, 2.45) is 0 Å². The normalized spacial score (nSPS) is 16.2. The molecule has 1 saturated heterocycles. The zero-order valence-corrected chi connectivity index (χ0v) is 11.6. The minimum Gasteiger partial charge on any atom is -0.476 e. The summed E-state index contributed by atoms with van der Waals surface area (Å²) in [6, 6.07) is 0.227. The van der Waals surface area contributed by atoms with E-state index in [-0.39, 0.29) is 11.7 Å². The maximum atomic E-state index is 10.7. The maximum absolute atomic E-state index is 10.7. The number of carbonyl (C=O) groups is 1. The van der Waals surface area contributed by atoms with Crippen LogP contribution in [0.4, 0.5) is 0 Å². The van der Waals surface area contributed by atoms with Crippen LogP contribution >= 0.6 is 0 Å². The Labute approximate surface area is 117 Å². The number of likely N-dealkylation sites (tertiary alicyclic amines) is 1. The molecular weight excluding hydrogens is 264 g/mol. The summed E-state index contributed by atoms with van der Waals surface area (Å²) in [6.07, 6.45) is 2.46. The summed E-state index contributed by atoms with van der Waals surface area (Å²) in [5.74, 6) is -1.04. The average Bonchev–Trinajstić information content (AvgIpc) is 2.85. The number of methoxy groups -OCH3 is 1. The molecule has 1 aliphatic rings. The molecule has 1 fully saturated rings. The molecule has 8 nitrogen and oxygen atoms in total. The smallest absolute Gasteiger partial charge is 0.358 e. The van der Waals surface area contributed by atoms with E-state index in [0.717, 1.165) is 32.7 Å². The SMILES string of the molecule is COCCOCCCN1CC(n2cc(C(=O)O)nn2)C1. The van der Waals surface area contributed by atoms with Crippen molar-refractivity contribution in [2.45, 2.75) is 12.5 Å². The van der Waals surface area contributed by atoms with Crippen LogP contribution in [-0.2, 0) is 9.47 Å². The molecule has 0 aliphatic carbocycles. The van der Waals surface area contributed by atoms with Crippen LogP contribution in [0.1, 0.15) is 23.0 Å². The third-order valence-electron chi connectivity index (χ3n) is 3.24. The predicted octanol–water partition coefficient (Wildman–Crippen LogP) is -0.114. The third kappa shape index (κ3) is 3.99. The predicted molar refractivity (Wildman–Crippen MR) is 69.8 cm³/mol. The number of carboxylic acid groups (broad SMARTS) is 1. The number of hydrogen-bond donors (Lipinski definition) is 1. The van der Waals surface area contributed by atoms with Crippen molar-refractivity contribution in [1.29, 1.82) is 0 Å². The zero-order valence-electron chi connectivity index (χ0n) is 11.6. The molecule has 0 radical (unpaired) electrons. The van der Waals surface area contributed by atoms with Gasteiger partial charge in [0.1, 0.15) is 0 Å². The quantitative estimate of drug-likeness (QED) is 0.632. The monoisotopic (exact) mass is 284 g/mol. The fraction of sp³-hybridized carbons (Fsp3) is 0.750. The Morgan fingerprint density at radius 2 is 2.25 bits per heavy atom. The van der Waals surface area contributed by atoms with E-state index in [1.54, 1.807) is 11.8 Å². The molecule has 8 heteroatoms. The van der Waals surface area contributed by atoms with Gasteiger partial charge in [0.2, 0.25) is 0 Å². The first-order chi connectivity index (χ1) is 9.70. The third-order valence-corrected chi connectivity index (χ3v) is 3.24. The van der Waals surface area contributed by atoms with Gasteiger partial charge in [-0.05, 0) is 6.42 Å². The second kappa shape index (κ2) is 7.32. The van der Waals surface area contributed by atoms with Gasteiger partial charge in [-0.2, -0.15) is 0 Å². The minimum atomic E-state index is -1.04. The van der Waals surface area contributed by atoms with Crippen LogP contribution in [-0.4, -0.2) is 77.5 Å². The fourth-order valence-corrected chi connectivity index (χ4v) is 2.08. The summed E-state index contributed by atoms with van der Waals surface area (Å²) >= 11 is 0. The molecule has 2 rings (SSSR count). The number of hydrogen-bond acceptors (Lipinski definition) is 6. The summed E-state index contributed by atoms with van der Waals surface area (Å²) < 4.78 is 11.9. The molecule has 0 spiro atoms. The summed E-state index contributed by atoms with van der Waals surface area (Å²) in [5, 5.41) is 16.2. The molecule has 1 aliphatic heterocycles. The van der Waals surface area contributed by atoms with Gasteiger partial charge in [-0.25, -0.2) is 9.48 Å². The Hall–Kier alpha value is -1.51. The Morgan fingerprint density at radius 1 is 1.45 bits per heavy atom. The molecule has 0 amide bonds. The standard InChI is InChI=1S/C12H20N4O4/c1-19-5-6-20-4-2-3-15-7-10(8-15)16-9-11(12(17)18)13-14-16/h9-10H,2-8H2,1H3,(H,17,18). The molecule has 0 aromatic carbocycles. The van der Waals surface area contributed by atoms with Gasteiger partial charge in [0, 0.05) is 33.4 Å². The molecular formula is C12H20N4O4. The lowest BCUT2D eigenvalue weighted by molar-refractivity contribution is 0.0509. The van der Waals surface area contributed by atoms with E-state index in [2.05, 4.69) is 15.2 Å². The molecule has 20 heavy (non-hydrogen) atoms. The van der Waals surface area contributed by atoms with Crippen molar-refractivity contribution in [3.63, 3.8) is 0 Å². The number of aromatic nitrogens is 3. The van der Waals surface area contributed by atoms with E-state index >= 15 is 0 Å². The molecule has 1 N–H and O–H groups in total. The first kappa shape index (κ1) is 14.9. The van der Waals surface area contributed by atoms with E-state index in [4.69, 9.17) is 14.6 Å².